The first-order valence-electron chi connectivity index (χ1n) is 6.56. The Morgan fingerprint density at radius 3 is 2.45 bits per heavy atom. The second kappa shape index (κ2) is 7.24. The summed E-state index contributed by atoms with van der Waals surface area (Å²) in [6.45, 7) is 3.35. The summed E-state index contributed by atoms with van der Waals surface area (Å²) < 4.78 is 23.1. The van der Waals surface area contributed by atoms with Crippen LogP contribution in [0.25, 0.3) is 6.08 Å². The summed E-state index contributed by atoms with van der Waals surface area (Å²) in [5, 5.41) is 0. The molecule has 0 aromatic heterocycles. The Hall–Kier alpha value is -1.62. The minimum Gasteiger partial charge on any atom is -0.338 e. The lowest BCUT2D eigenvalue weighted by Gasteiger charge is -2.23. The normalized spacial score (nSPS) is 13.3. The molecule has 0 saturated carbocycles. The van der Waals surface area contributed by atoms with Gasteiger partial charge in [-0.25, -0.2) is 8.42 Å². The second-order valence-corrected chi connectivity index (χ2v) is 7.14. The van der Waals surface area contributed by atoms with Crippen molar-refractivity contribution in [1.29, 1.82) is 0 Å². The highest BCUT2D eigenvalue weighted by molar-refractivity contribution is 7.91. The van der Waals surface area contributed by atoms with Gasteiger partial charge in [0.2, 0.25) is 5.91 Å². The van der Waals surface area contributed by atoms with E-state index in [1.54, 1.807) is 27.0 Å². The predicted molar refractivity (Wildman–Crippen MR) is 82.0 cm³/mol. The number of sulfone groups is 1. The summed E-state index contributed by atoms with van der Waals surface area (Å²) in [4.78, 5) is 13.4. The fraction of sp³-hybridized carbons (Fsp3) is 0.400. The van der Waals surface area contributed by atoms with E-state index in [9.17, 15) is 13.2 Å². The third-order valence-corrected chi connectivity index (χ3v) is 5.03. The number of hydrogen-bond donors (Lipinski definition) is 0. The number of rotatable bonds is 6. The Morgan fingerprint density at radius 1 is 1.30 bits per heavy atom. The predicted octanol–water partition coefficient (Wildman–Crippen LogP) is 1.98. The van der Waals surface area contributed by atoms with Gasteiger partial charge in [0.25, 0.3) is 0 Å². The van der Waals surface area contributed by atoms with Crippen LogP contribution in [-0.2, 0) is 14.6 Å². The SMILES string of the molecule is CCS(=O)(=O)CC(C)N(C)C(=O)/C=C/c1ccccc1. The van der Waals surface area contributed by atoms with Gasteiger partial charge in [0.1, 0.15) is 0 Å². The van der Waals surface area contributed by atoms with Crippen LogP contribution in [0.15, 0.2) is 36.4 Å². The molecule has 1 aromatic carbocycles. The van der Waals surface area contributed by atoms with Crippen LogP contribution in [0.3, 0.4) is 0 Å². The molecular formula is C15H21NO3S. The first-order valence-corrected chi connectivity index (χ1v) is 8.38. The molecule has 0 aliphatic carbocycles. The highest BCUT2D eigenvalue weighted by Crippen LogP contribution is 2.05. The minimum absolute atomic E-state index is 0.00901. The van der Waals surface area contributed by atoms with Crippen LogP contribution in [0, 0.1) is 0 Å². The molecule has 0 aliphatic rings. The molecule has 4 nitrogen and oxygen atoms in total. The van der Waals surface area contributed by atoms with Crippen molar-refractivity contribution in [3.05, 3.63) is 42.0 Å². The van der Waals surface area contributed by atoms with E-state index in [1.165, 1.54) is 11.0 Å². The summed E-state index contributed by atoms with van der Waals surface area (Å²) >= 11 is 0. The maximum atomic E-state index is 12.0. The minimum atomic E-state index is -3.08. The van der Waals surface area contributed by atoms with Crippen LogP contribution in [0.1, 0.15) is 19.4 Å². The molecule has 110 valence electrons. The Bertz CT molecular complexity index is 564. The van der Waals surface area contributed by atoms with E-state index in [1.807, 2.05) is 30.3 Å². The number of hydrogen-bond acceptors (Lipinski definition) is 3. The van der Waals surface area contributed by atoms with Gasteiger partial charge in [0.15, 0.2) is 9.84 Å². The van der Waals surface area contributed by atoms with Crippen LogP contribution < -0.4 is 0 Å². The van der Waals surface area contributed by atoms with Gasteiger partial charge in [-0.15, -0.1) is 0 Å². The Kier molecular flexibility index (Phi) is 5.95. The van der Waals surface area contributed by atoms with E-state index in [-0.39, 0.29) is 23.5 Å². The van der Waals surface area contributed by atoms with E-state index < -0.39 is 9.84 Å². The van der Waals surface area contributed by atoms with E-state index in [0.717, 1.165) is 5.56 Å². The van der Waals surface area contributed by atoms with E-state index in [4.69, 9.17) is 0 Å². The first-order chi connectivity index (χ1) is 9.35. The molecule has 1 amide bonds. The molecule has 0 spiro atoms. The van der Waals surface area contributed by atoms with Gasteiger partial charge in [-0.1, -0.05) is 37.3 Å². The zero-order valence-corrected chi connectivity index (χ0v) is 12.9. The van der Waals surface area contributed by atoms with Crippen LogP contribution in [0.4, 0.5) is 0 Å². The van der Waals surface area contributed by atoms with E-state index in [0.29, 0.717) is 0 Å². The van der Waals surface area contributed by atoms with Crippen molar-refractivity contribution >= 4 is 21.8 Å². The summed E-state index contributed by atoms with van der Waals surface area (Å²) in [5.74, 6) is -0.114. The van der Waals surface area contributed by atoms with Gasteiger partial charge in [0.05, 0.1) is 5.75 Å². The average Bonchev–Trinajstić information content (AvgIpc) is 2.44. The van der Waals surface area contributed by atoms with Crippen molar-refractivity contribution in [2.75, 3.05) is 18.6 Å². The number of carbonyl (C=O) groups excluding carboxylic acids is 1. The lowest BCUT2D eigenvalue weighted by molar-refractivity contribution is -0.126. The van der Waals surface area contributed by atoms with Gasteiger partial charge < -0.3 is 4.90 Å². The lowest BCUT2D eigenvalue weighted by atomic mass is 10.2. The second-order valence-electron chi connectivity index (χ2n) is 4.74. The van der Waals surface area contributed by atoms with Crippen molar-refractivity contribution in [2.24, 2.45) is 0 Å². The van der Waals surface area contributed by atoms with Crippen LogP contribution in [0.2, 0.25) is 0 Å². The molecule has 0 bridgehead atoms. The van der Waals surface area contributed by atoms with Crippen molar-refractivity contribution in [2.45, 2.75) is 19.9 Å². The Morgan fingerprint density at radius 2 is 1.90 bits per heavy atom. The van der Waals surface area contributed by atoms with Crippen molar-refractivity contribution in [1.82, 2.24) is 4.90 Å². The smallest absolute Gasteiger partial charge is 0.246 e. The van der Waals surface area contributed by atoms with Gasteiger partial charge >= 0.3 is 0 Å². The molecule has 1 unspecified atom stereocenters. The lowest BCUT2D eigenvalue weighted by Crippen LogP contribution is -2.38. The molecule has 1 rings (SSSR count). The molecule has 0 N–H and O–H groups in total. The summed E-state index contributed by atoms with van der Waals surface area (Å²) in [7, 11) is -1.46. The third-order valence-electron chi connectivity index (χ3n) is 3.16. The summed E-state index contributed by atoms with van der Waals surface area (Å²) in [5.41, 5.74) is 0.933. The summed E-state index contributed by atoms with van der Waals surface area (Å²) in [6, 6.07) is 9.15. The zero-order chi connectivity index (χ0) is 15.2. The van der Waals surface area contributed by atoms with Gasteiger partial charge in [-0.3, -0.25) is 4.79 Å². The molecule has 0 fully saturated rings. The Labute approximate surface area is 121 Å². The number of likely N-dealkylation sites (N-methyl/N-ethyl adjacent to an activating group) is 1. The maximum absolute atomic E-state index is 12.0. The Balaban J connectivity index is 2.65. The van der Waals surface area contributed by atoms with E-state index in [2.05, 4.69) is 0 Å². The molecule has 1 aromatic rings. The van der Waals surface area contributed by atoms with E-state index >= 15 is 0 Å². The topological polar surface area (TPSA) is 54.5 Å². The third kappa shape index (κ3) is 5.17. The fourth-order valence-electron chi connectivity index (χ4n) is 1.66. The molecule has 20 heavy (non-hydrogen) atoms. The first kappa shape index (κ1) is 16.4. The molecule has 0 saturated heterocycles. The highest BCUT2D eigenvalue weighted by Gasteiger charge is 2.19. The molecular weight excluding hydrogens is 274 g/mol. The van der Waals surface area contributed by atoms with Crippen molar-refractivity contribution in [3.8, 4) is 0 Å². The van der Waals surface area contributed by atoms with Crippen LogP contribution >= 0.6 is 0 Å². The average molecular weight is 295 g/mol. The molecule has 0 aliphatic heterocycles. The van der Waals surface area contributed by atoms with Crippen molar-refractivity contribution < 1.29 is 13.2 Å². The maximum Gasteiger partial charge on any atom is 0.246 e. The highest BCUT2D eigenvalue weighted by atomic mass is 32.2. The van der Waals surface area contributed by atoms with Gasteiger partial charge in [0, 0.05) is 24.9 Å². The van der Waals surface area contributed by atoms with Crippen molar-refractivity contribution in [3.63, 3.8) is 0 Å². The molecule has 0 heterocycles. The van der Waals surface area contributed by atoms with Crippen LogP contribution in [-0.4, -0.2) is 43.8 Å². The quantitative estimate of drug-likeness (QED) is 0.754. The van der Waals surface area contributed by atoms with Crippen LogP contribution in [0.5, 0.6) is 0 Å². The number of benzene rings is 1. The standard InChI is InChI=1S/C15H21NO3S/c1-4-20(18,19)12-13(2)16(3)15(17)11-10-14-8-6-5-7-9-14/h5-11,13H,4,12H2,1-3H3/b11-10+. The molecule has 0 radical (unpaired) electrons. The fourth-order valence-corrected chi connectivity index (χ4v) is 2.86. The van der Waals surface area contributed by atoms with Gasteiger partial charge in [-0.2, -0.15) is 0 Å². The summed E-state index contributed by atoms with van der Waals surface area (Å²) in [6.07, 6.45) is 3.18. The number of amides is 1. The molecule has 1 atom stereocenters. The number of nitrogens with zero attached hydrogens (tertiary/aromatic N) is 1. The van der Waals surface area contributed by atoms with Gasteiger partial charge in [-0.05, 0) is 18.6 Å². The largest absolute Gasteiger partial charge is 0.338 e. The zero-order valence-electron chi connectivity index (χ0n) is 12.1. The number of carbonyl (C=O) groups is 1. The molecule has 5 heteroatoms. The monoisotopic (exact) mass is 295 g/mol.